The third kappa shape index (κ3) is 5.64. The van der Waals surface area contributed by atoms with Crippen molar-refractivity contribution in [2.45, 2.75) is 0 Å². The van der Waals surface area contributed by atoms with Gasteiger partial charge in [0, 0.05) is 7.11 Å². The third-order valence-electron chi connectivity index (χ3n) is 1.21. The molecule has 0 aliphatic heterocycles. The molecule has 0 spiro atoms. The van der Waals surface area contributed by atoms with E-state index in [-0.39, 0.29) is 0 Å². The summed E-state index contributed by atoms with van der Waals surface area (Å²) in [5.74, 6) is -1.17. The molecule has 0 saturated heterocycles. The predicted molar refractivity (Wildman–Crippen MR) is 48.6 cm³/mol. The van der Waals surface area contributed by atoms with Gasteiger partial charge in [0.2, 0.25) is 0 Å². The lowest BCUT2D eigenvalue weighted by Crippen LogP contribution is -2.18. The van der Waals surface area contributed by atoms with Crippen molar-refractivity contribution < 1.29 is 15.0 Å². The third-order valence-corrected chi connectivity index (χ3v) is 1.21. The summed E-state index contributed by atoms with van der Waals surface area (Å²) in [6.07, 6.45) is 2.50. The largest absolute Gasteiger partial charge is 0.545 e. The standard InChI is InChI=1S/C9H8O2.CH4O/c10-9(11)7-6-8-4-2-1-3-5-8;1-2/h1-7H,(H,10,11);2H,1H3/p-1/b7-6+;. The Balaban J connectivity index is 0.000000671. The lowest BCUT2D eigenvalue weighted by Gasteiger charge is -1.91. The Hall–Kier alpha value is -1.61. The van der Waals surface area contributed by atoms with Crippen molar-refractivity contribution >= 4 is 12.0 Å². The molecule has 1 rings (SSSR count). The van der Waals surface area contributed by atoms with Crippen LogP contribution >= 0.6 is 0 Å². The van der Waals surface area contributed by atoms with E-state index in [0.29, 0.717) is 0 Å². The Bertz CT molecular complexity index is 265. The van der Waals surface area contributed by atoms with Crippen LogP contribution in [0, 0.1) is 0 Å². The number of carbonyl (C=O) groups excluding carboxylic acids is 1. The number of aliphatic hydroxyl groups is 1. The predicted octanol–water partition coefficient (Wildman–Crippen LogP) is 0.0582. The van der Waals surface area contributed by atoms with Crippen LogP contribution in [-0.2, 0) is 4.79 Å². The Morgan fingerprint density at radius 1 is 1.31 bits per heavy atom. The monoisotopic (exact) mass is 179 g/mol. The lowest BCUT2D eigenvalue weighted by molar-refractivity contribution is -0.297. The van der Waals surface area contributed by atoms with Gasteiger partial charge in [-0.15, -0.1) is 0 Å². The topological polar surface area (TPSA) is 60.4 Å². The number of hydrogen-bond donors (Lipinski definition) is 1. The molecule has 0 bridgehead atoms. The van der Waals surface area contributed by atoms with E-state index in [1.807, 2.05) is 30.3 Å². The molecule has 0 unspecified atom stereocenters. The average molecular weight is 179 g/mol. The number of benzene rings is 1. The smallest absolute Gasteiger partial charge is 0.0643 e. The van der Waals surface area contributed by atoms with Crippen LogP contribution < -0.4 is 5.11 Å². The summed E-state index contributed by atoms with van der Waals surface area (Å²) in [6.45, 7) is 0. The van der Waals surface area contributed by atoms with E-state index < -0.39 is 5.97 Å². The first kappa shape index (κ1) is 11.4. The first-order valence-corrected chi connectivity index (χ1v) is 3.68. The van der Waals surface area contributed by atoms with Gasteiger partial charge >= 0.3 is 0 Å². The van der Waals surface area contributed by atoms with Gasteiger partial charge < -0.3 is 15.0 Å². The number of carboxylic acid groups (broad SMARTS) is 1. The van der Waals surface area contributed by atoms with Crippen LogP contribution in [-0.4, -0.2) is 18.2 Å². The summed E-state index contributed by atoms with van der Waals surface area (Å²) in [6, 6.07) is 9.19. The lowest BCUT2D eigenvalue weighted by atomic mass is 10.2. The van der Waals surface area contributed by atoms with E-state index in [4.69, 9.17) is 5.11 Å². The molecule has 1 aromatic rings. The highest BCUT2D eigenvalue weighted by atomic mass is 16.4. The van der Waals surface area contributed by atoms with Gasteiger partial charge in [0.15, 0.2) is 0 Å². The maximum absolute atomic E-state index is 9.97. The molecule has 3 nitrogen and oxygen atoms in total. The minimum absolute atomic E-state index is 0.858. The normalized spacial score (nSPS) is 9.08. The van der Waals surface area contributed by atoms with Crippen LogP contribution in [0.3, 0.4) is 0 Å². The highest BCUT2D eigenvalue weighted by molar-refractivity contribution is 5.83. The maximum atomic E-state index is 9.97. The van der Waals surface area contributed by atoms with E-state index in [9.17, 15) is 9.90 Å². The second-order valence-corrected chi connectivity index (χ2v) is 2.06. The highest BCUT2D eigenvalue weighted by Gasteiger charge is 1.80. The number of aliphatic hydroxyl groups excluding tert-OH is 1. The maximum Gasteiger partial charge on any atom is 0.0643 e. The summed E-state index contributed by atoms with van der Waals surface area (Å²) in [7, 11) is 1.00. The SMILES string of the molecule is CO.O=C([O-])/C=C/c1ccccc1. The van der Waals surface area contributed by atoms with E-state index in [2.05, 4.69) is 0 Å². The van der Waals surface area contributed by atoms with Crippen molar-refractivity contribution in [2.75, 3.05) is 7.11 Å². The van der Waals surface area contributed by atoms with Crippen LogP contribution in [0.15, 0.2) is 36.4 Å². The molecule has 0 radical (unpaired) electrons. The van der Waals surface area contributed by atoms with Gasteiger partial charge in [-0.05, 0) is 11.6 Å². The van der Waals surface area contributed by atoms with Crippen molar-refractivity contribution in [3.05, 3.63) is 42.0 Å². The average Bonchev–Trinajstić information content (AvgIpc) is 2.19. The molecule has 3 heteroatoms. The van der Waals surface area contributed by atoms with Crippen molar-refractivity contribution in [1.82, 2.24) is 0 Å². The van der Waals surface area contributed by atoms with Crippen LogP contribution in [0.5, 0.6) is 0 Å². The molecular weight excluding hydrogens is 168 g/mol. The van der Waals surface area contributed by atoms with Crippen LogP contribution in [0.25, 0.3) is 6.08 Å². The summed E-state index contributed by atoms with van der Waals surface area (Å²) in [4.78, 5) is 9.97. The van der Waals surface area contributed by atoms with E-state index in [1.54, 1.807) is 0 Å². The number of carboxylic acids is 1. The molecule has 0 amide bonds. The minimum Gasteiger partial charge on any atom is -0.545 e. The Morgan fingerprint density at radius 3 is 2.31 bits per heavy atom. The Kier molecular flexibility index (Phi) is 6.19. The zero-order chi connectivity index (χ0) is 10.1. The van der Waals surface area contributed by atoms with Crippen LogP contribution in [0.1, 0.15) is 5.56 Å². The molecular formula is C10H11O3-. The van der Waals surface area contributed by atoms with Gasteiger partial charge in [-0.25, -0.2) is 0 Å². The van der Waals surface area contributed by atoms with Gasteiger partial charge in [-0.3, -0.25) is 0 Å². The molecule has 0 saturated carbocycles. The fraction of sp³-hybridized carbons (Fsp3) is 0.100. The second kappa shape index (κ2) is 7.06. The summed E-state index contributed by atoms with van der Waals surface area (Å²) < 4.78 is 0. The van der Waals surface area contributed by atoms with Crippen LogP contribution in [0.2, 0.25) is 0 Å². The molecule has 0 aliphatic rings. The molecule has 1 aromatic carbocycles. The number of aliphatic carboxylic acids is 1. The molecule has 13 heavy (non-hydrogen) atoms. The fourth-order valence-corrected chi connectivity index (χ4v) is 0.728. The minimum atomic E-state index is -1.17. The Labute approximate surface area is 77.0 Å². The molecule has 0 atom stereocenters. The zero-order valence-electron chi connectivity index (χ0n) is 7.31. The van der Waals surface area contributed by atoms with Gasteiger partial charge in [0.25, 0.3) is 0 Å². The summed E-state index contributed by atoms with van der Waals surface area (Å²) >= 11 is 0. The zero-order valence-corrected chi connectivity index (χ0v) is 7.31. The molecule has 70 valence electrons. The highest BCUT2D eigenvalue weighted by Crippen LogP contribution is 1.99. The van der Waals surface area contributed by atoms with Gasteiger partial charge in [-0.1, -0.05) is 36.4 Å². The van der Waals surface area contributed by atoms with E-state index >= 15 is 0 Å². The Morgan fingerprint density at radius 2 is 1.85 bits per heavy atom. The molecule has 0 aromatic heterocycles. The van der Waals surface area contributed by atoms with Crippen molar-refractivity contribution in [2.24, 2.45) is 0 Å². The molecule has 1 N–H and O–H groups in total. The first-order valence-electron chi connectivity index (χ1n) is 3.68. The number of carbonyl (C=O) groups is 1. The van der Waals surface area contributed by atoms with Gasteiger partial charge in [0.05, 0.1) is 5.97 Å². The number of rotatable bonds is 2. The van der Waals surface area contributed by atoms with Gasteiger partial charge in [-0.2, -0.15) is 0 Å². The quantitative estimate of drug-likeness (QED) is 0.653. The van der Waals surface area contributed by atoms with E-state index in [1.165, 1.54) is 6.08 Å². The van der Waals surface area contributed by atoms with Crippen molar-refractivity contribution in [3.63, 3.8) is 0 Å². The fourth-order valence-electron chi connectivity index (χ4n) is 0.728. The molecule has 0 aliphatic carbocycles. The molecule has 0 fully saturated rings. The first-order chi connectivity index (χ1) is 6.29. The summed E-state index contributed by atoms with van der Waals surface area (Å²) in [5, 5.41) is 17.0. The second-order valence-electron chi connectivity index (χ2n) is 2.06. The van der Waals surface area contributed by atoms with Gasteiger partial charge in [0.1, 0.15) is 0 Å². The van der Waals surface area contributed by atoms with Crippen molar-refractivity contribution in [1.29, 1.82) is 0 Å². The molecule has 0 heterocycles. The number of hydrogen-bond acceptors (Lipinski definition) is 3. The van der Waals surface area contributed by atoms with E-state index in [0.717, 1.165) is 18.7 Å². The summed E-state index contributed by atoms with van der Waals surface area (Å²) in [5.41, 5.74) is 0.858. The van der Waals surface area contributed by atoms with Crippen molar-refractivity contribution in [3.8, 4) is 0 Å². The van der Waals surface area contributed by atoms with Crippen LogP contribution in [0.4, 0.5) is 0 Å².